The third-order valence-electron chi connectivity index (χ3n) is 14.3. The van der Waals surface area contributed by atoms with Crippen molar-refractivity contribution in [2.24, 2.45) is 0 Å². The fraction of sp³-hybridized carbons (Fsp3) is 0. The number of hydrogen-bond donors (Lipinski definition) is 0. The molecule has 0 saturated carbocycles. The predicted octanol–water partition coefficient (Wildman–Crippen LogP) is 0.420. The Labute approximate surface area is 351 Å². The lowest BCUT2D eigenvalue weighted by atomic mass is 9.59. The molecule has 11 aromatic rings. The molecule has 0 saturated heterocycles. The first-order valence-corrected chi connectivity index (χ1v) is 20.9. The summed E-state index contributed by atoms with van der Waals surface area (Å²) in [6.07, 6.45) is 0. The molecule has 0 aliphatic rings. The first-order valence-electron chi connectivity index (χ1n) is 20.9. The SMILES string of the molecule is Bc1c(B)c(B)c2c(-c3ccc4oc5cc6ccccc6cc5c4c3)c3c(B)c(B)c(B)c(B)c3c(-c3ccc(-c4ccc5ccc6ccccc6c5c4)cc3)c2c1B. The van der Waals surface area contributed by atoms with E-state index in [1.807, 2.05) is 0 Å². The van der Waals surface area contributed by atoms with Crippen LogP contribution in [0.25, 0.3) is 109 Å². The first-order chi connectivity index (χ1) is 28.6. The van der Waals surface area contributed by atoms with Gasteiger partial charge in [-0.1, -0.05) is 125 Å². The van der Waals surface area contributed by atoms with Crippen LogP contribution >= 0.6 is 0 Å². The van der Waals surface area contributed by atoms with Crippen molar-refractivity contribution in [3.05, 3.63) is 133 Å². The van der Waals surface area contributed by atoms with Crippen molar-refractivity contribution in [2.45, 2.75) is 0 Å². The first kappa shape index (κ1) is 35.9. The maximum atomic E-state index is 6.54. The molecule has 11 rings (SSSR count). The molecule has 268 valence electrons. The van der Waals surface area contributed by atoms with E-state index in [9.17, 15) is 0 Å². The van der Waals surface area contributed by atoms with E-state index < -0.39 is 0 Å². The van der Waals surface area contributed by atoms with Crippen LogP contribution < -0.4 is 43.7 Å². The molecule has 0 N–H and O–H groups in total. The molecule has 0 aliphatic heterocycles. The molecule has 0 spiro atoms. The summed E-state index contributed by atoms with van der Waals surface area (Å²) in [5.74, 6) is 0. The summed E-state index contributed by atoms with van der Waals surface area (Å²) in [5, 5.41) is 15.3. The maximum absolute atomic E-state index is 6.54. The van der Waals surface area contributed by atoms with Crippen molar-refractivity contribution in [2.75, 3.05) is 0 Å². The zero-order valence-corrected chi connectivity index (χ0v) is 35.1. The van der Waals surface area contributed by atoms with E-state index in [0.717, 1.165) is 21.9 Å². The lowest BCUT2D eigenvalue weighted by Gasteiger charge is -2.28. The van der Waals surface area contributed by atoms with Crippen molar-refractivity contribution >= 4 is 182 Å². The molecule has 0 amide bonds. The summed E-state index contributed by atoms with van der Waals surface area (Å²) in [6, 6.07) is 49.5. The predicted molar refractivity (Wildman–Crippen MR) is 283 cm³/mol. The van der Waals surface area contributed by atoms with Gasteiger partial charge in [-0.2, -0.15) is 0 Å². The van der Waals surface area contributed by atoms with Crippen molar-refractivity contribution in [3.63, 3.8) is 0 Å². The van der Waals surface area contributed by atoms with Gasteiger partial charge in [0.05, 0.1) is 0 Å². The normalized spacial score (nSPS) is 11.9. The molecule has 0 radical (unpaired) electrons. The van der Waals surface area contributed by atoms with Gasteiger partial charge in [0.25, 0.3) is 0 Å². The van der Waals surface area contributed by atoms with Crippen LogP contribution in [0.3, 0.4) is 0 Å². The number of rotatable bonds is 3. The van der Waals surface area contributed by atoms with Gasteiger partial charge in [-0.3, -0.25) is 0 Å². The summed E-state index contributed by atoms with van der Waals surface area (Å²) in [6.45, 7) is 0. The molecule has 0 fully saturated rings. The summed E-state index contributed by atoms with van der Waals surface area (Å²) in [5.41, 5.74) is 20.3. The highest BCUT2D eigenvalue weighted by Crippen LogP contribution is 2.43. The Bertz CT molecular complexity index is 3560. The van der Waals surface area contributed by atoms with Crippen molar-refractivity contribution in [3.8, 4) is 33.4 Å². The van der Waals surface area contributed by atoms with Crippen LogP contribution in [0.1, 0.15) is 0 Å². The summed E-state index contributed by atoms with van der Waals surface area (Å²) in [4.78, 5) is 0. The molecular formula is C50H38B8O. The van der Waals surface area contributed by atoms with Gasteiger partial charge in [0.15, 0.2) is 0 Å². The highest BCUT2D eigenvalue weighted by atomic mass is 16.3. The van der Waals surface area contributed by atoms with Gasteiger partial charge in [-0.25, -0.2) is 0 Å². The quantitative estimate of drug-likeness (QED) is 0.146. The van der Waals surface area contributed by atoms with E-state index in [4.69, 9.17) is 4.42 Å². The minimum absolute atomic E-state index is 0.920. The zero-order chi connectivity index (χ0) is 40.4. The highest BCUT2D eigenvalue weighted by Gasteiger charge is 2.25. The Morgan fingerprint density at radius 3 is 1.31 bits per heavy atom. The van der Waals surface area contributed by atoms with Crippen LogP contribution in [-0.4, -0.2) is 62.8 Å². The largest absolute Gasteiger partial charge is 0.456 e. The Morgan fingerprint density at radius 2 is 0.695 bits per heavy atom. The second-order valence-electron chi connectivity index (χ2n) is 17.1. The van der Waals surface area contributed by atoms with Crippen LogP contribution in [0.2, 0.25) is 0 Å². The Morgan fingerprint density at radius 1 is 0.271 bits per heavy atom. The molecular weight excluding hydrogens is 703 g/mol. The van der Waals surface area contributed by atoms with Crippen LogP contribution in [-0.2, 0) is 0 Å². The summed E-state index contributed by atoms with van der Waals surface area (Å²) in [7, 11) is 18.6. The van der Waals surface area contributed by atoms with Gasteiger partial charge in [0.1, 0.15) is 73.9 Å². The topological polar surface area (TPSA) is 13.1 Å². The van der Waals surface area contributed by atoms with E-state index in [1.54, 1.807) is 0 Å². The van der Waals surface area contributed by atoms with Crippen LogP contribution in [0.5, 0.6) is 0 Å². The van der Waals surface area contributed by atoms with Gasteiger partial charge in [-0.05, 0) is 118 Å². The standard InChI is InChI=1S/C50H38B8O/c51-43-39-37(26-14-9-23(10-15-26)29-16-13-25-12-11-24-5-3-4-8-31(24)32(25)19-29)40-42(46(54)50(58)48(56)44(40)52)38(41(39)45(53)49(57)47(43)55)30-17-18-35-33(21-30)34-20-27-6-1-2-7-28(27)22-36(34)59-35/h1-22H,51-58H2. The third kappa shape index (κ3) is 5.23. The molecule has 59 heavy (non-hydrogen) atoms. The van der Waals surface area contributed by atoms with Crippen LogP contribution in [0.4, 0.5) is 0 Å². The van der Waals surface area contributed by atoms with Gasteiger partial charge >= 0.3 is 0 Å². The minimum atomic E-state index is 0.920. The van der Waals surface area contributed by atoms with Crippen LogP contribution in [0, 0.1) is 0 Å². The Balaban J connectivity index is 1.21. The Kier molecular flexibility index (Phi) is 8.02. The molecule has 9 heteroatoms. The molecule has 0 atom stereocenters. The molecule has 0 unspecified atom stereocenters. The molecule has 0 aliphatic carbocycles. The second kappa shape index (κ2) is 13.2. The van der Waals surface area contributed by atoms with Gasteiger partial charge in [-0.15, -0.1) is 21.9 Å². The minimum Gasteiger partial charge on any atom is -0.456 e. The highest BCUT2D eigenvalue weighted by molar-refractivity contribution is 6.71. The third-order valence-corrected chi connectivity index (χ3v) is 14.3. The Hall–Kier alpha value is -6.18. The van der Waals surface area contributed by atoms with Gasteiger partial charge in [0, 0.05) is 10.8 Å². The fourth-order valence-electron chi connectivity index (χ4n) is 10.3. The average molecular weight is 741 g/mol. The van der Waals surface area contributed by atoms with Crippen molar-refractivity contribution in [1.29, 1.82) is 0 Å². The lowest BCUT2D eigenvalue weighted by Crippen LogP contribution is -2.50. The summed E-state index contributed by atoms with van der Waals surface area (Å²) >= 11 is 0. The molecule has 10 aromatic carbocycles. The van der Waals surface area contributed by atoms with Gasteiger partial charge < -0.3 is 4.42 Å². The molecule has 1 aromatic heterocycles. The van der Waals surface area contributed by atoms with E-state index in [-0.39, 0.29) is 0 Å². The number of furan rings is 1. The van der Waals surface area contributed by atoms with E-state index in [1.165, 1.54) is 131 Å². The van der Waals surface area contributed by atoms with E-state index in [2.05, 4.69) is 196 Å². The van der Waals surface area contributed by atoms with Crippen LogP contribution in [0.15, 0.2) is 138 Å². The average Bonchev–Trinajstić information content (AvgIpc) is 3.63. The van der Waals surface area contributed by atoms with E-state index in [0.29, 0.717) is 0 Å². The number of hydrogen-bond acceptors (Lipinski definition) is 1. The molecule has 1 nitrogen and oxygen atoms in total. The zero-order valence-electron chi connectivity index (χ0n) is 35.1. The van der Waals surface area contributed by atoms with Gasteiger partial charge in [0.2, 0.25) is 0 Å². The lowest BCUT2D eigenvalue weighted by molar-refractivity contribution is 0.669. The maximum Gasteiger partial charge on any atom is 0.139 e. The fourth-order valence-corrected chi connectivity index (χ4v) is 10.3. The monoisotopic (exact) mass is 742 g/mol. The molecule has 1 heterocycles. The number of fused-ring (bicyclic) bond motifs is 9. The summed E-state index contributed by atoms with van der Waals surface area (Å²) < 4.78 is 6.54. The van der Waals surface area contributed by atoms with Crippen molar-refractivity contribution in [1.82, 2.24) is 0 Å². The van der Waals surface area contributed by atoms with E-state index >= 15 is 0 Å². The van der Waals surface area contributed by atoms with Crippen molar-refractivity contribution < 1.29 is 4.42 Å². The molecule has 0 bridgehead atoms. The smallest absolute Gasteiger partial charge is 0.139 e. The number of benzene rings is 10. The second-order valence-corrected chi connectivity index (χ2v) is 17.1.